The van der Waals surface area contributed by atoms with Crippen molar-refractivity contribution < 1.29 is 4.79 Å². The van der Waals surface area contributed by atoms with Crippen molar-refractivity contribution in [3.05, 3.63) is 0 Å². The molecule has 0 aromatic heterocycles. The van der Waals surface area contributed by atoms with Crippen molar-refractivity contribution in [3.63, 3.8) is 0 Å². The zero-order chi connectivity index (χ0) is 12.0. The van der Waals surface area contributed by atoms with E-state index in [-0.39, 0.29) is 17.9 Å². The van der Waals surface area contributed by atoms with Crippen LogP contribution in [0.5, 0.6) is 0 Å². The van der Waals surface area contributed by atoms with Crippen LogP contribution in [-0.2, 0) is 4.79 Å². The third kappa shape index (κ3) is 3.80. The summed E-state index contributed by atoms with van der Waals surface area (Å²) in [6.07, 6.45) is 2.21. The molecule has 2 atom stereocenters. The predicted octanol–water partition coefficient (Wildman–Crippen LogP) is 1.12. The highest BCUT2D eigenvalue weighted by molar-refractivity contribution is 5.78. The van der Waals surface area contributed by atoms with E-state index in [2.05, 4.69) is 38.1 Å². The van der Waals surface area contributed by atoms with Gasteiger partial charge in [0.25, 0.3) is 0 Å². The second-order valence-electron chi connectivity index (χ2n) is 4.17. The molecular formula is C11H25N3O. The average molecular weight is 215 g/mol. The normalized spacial score (nSPS) is 15.5. The zero-order valence-electron chi connectivity index (χ0n) is 10.6. The third-order valence-corrected chi connectivity index (χ3v) is 3.44. The minimum atomic E-state index is -0.0969. The second kappa shape index (κ2) is 6.80. The molecule has 0 saturated heterocycles. The summed E-state index contributed by atoms with van der Waals surface area (Å²) >= 11 is 0. The van der Waals surface area contributed by atoms with Crippen LogP contribution in [0.2, 0.25) is 0 Å². The molecular weight excluding hydrogens is 190 g/mol. The maximum absolute atomic E-state index is 11.4. The smallest absolute Gasteiger partial charge is 0.238 e. The van der Waals surface area contributed by atoms with Gasteiger partial charge in [-0.1, -0.05) is 20.8 Å². The number of hydrogen-bond acceptors (Lipinski definition) is 3. The molecule has 0 spiro atoms. The number of nitrogens with two attached hydrogens (primary N) is 1. The number of hydrazine groups is 1. The third-order valence-electron chi connectivity index (χ3n) is 3.44. The molecule has 0 rings (SSSR count). The molecule has 0 aromatic carbocycles. The summed E-state index contributed by atoms with van der Waals surface area (Å²) in [6, 6.07) is 0.742. The number of hydrogen-bond donors (Lipinski definition) is 2. The van der Waals surface area contributed by atoms with E-state index in [0.717, 1.165) is 12.8 Å². The molecule has 4 heteroatoms. The minimum absolute atomic E-state index is 0.0828. The Morgan fingerprint density at radius 1 is 1.33 bits per heavy atom. The van der Waals surface area contributed by atoms with Crippen molar-refractivity contribution in [2.24, 2.45) is 11.8 Å². The van der Waals surface area contributed by atoms with Crippen LogP contribution in [0.3, 0.4) is 0 Å². The van der Waals surface area contributed by atoms with Gasteiger partial charge >= 0.3 is 0 Å². The lowest BCUT2D eigenvalue weighted by molar-refractivity contribution is -0.126. The highest BCUT2D eigenvalue weighted by Gasteiger charge is 2.25. The first kappa shape index (κ1) is 14.4. The van der Waals surface area contributed by atoms with Gasteiger partial charge in [-0.05, 0) is 26.8 Å². The molecule has 0 saturated carbocycles. The molecule has 2 unspecified atom stereocenters. The van der Waals surface area contributed by atoms with Gasteiger partial charge in [0, 0.05) is 12.1 Å². The molecule has 4 nitrogen and oxygen atoms in total. The van der Waals surface area contributed by atoms with Gasteiger partial charge in [0.1, 0.15) is 0 Å². The lowest BCUT2D eigenvalue weighted by Crippen LogP contribution is -2.47. The summed E-state index contributed by atoms with van der Waals surface area (Å²) in [5.41, 5.74) is 2.21. The zero-order valence-corrected chi connectivity index (χ0v) is 10.6. The summed E-state index contributed by atoms with van der Waals surface area (Å²) in [5.74, 6) is 4.95. The molecule has 0 aromatic rings. The Bertz CT molecular complexity index is 192. The van der Waals surface area contributed by atoms with E-state index >= 15 is 0 Å². The second-order valence-corrected chi connectivity index (χ2v) is 4.17. The van der Waals surface area contributed by atoms with Gasteiger partial charge in [-0.25, -0.2) is 5.84 Å². The number of carbonyl (C=O) groups is 1. The average Bonchev–Trinajstić information content (AvgIpc) is 2.27. The summed E-state index contributed by atoms with van der Waals surface area (Å²) in [7, 11) is 2.07. The quantitative estimate of drug-likeness (QED) is 0.396. The first-order valence-electron chi connectivity index (χ1n) is 5.71. The SMILES string of the molecule is CCC(CC)N(C)C(C)C(C)C(=O)NN. The molecule has 15 heavy (non-hydrogen) atoms. The van der Waals surface area contributed by atoms with Gasteiger partial charge in [0.15, 0.2) is 0 Å². The number of rotatable bonds is 6. The molecule has 0 aliphatic heterocycles. The number of carbonyl (C=O) groups excluding carboxylic acids is 1. The van der Waals surface area contributed by atoms with Gasteiger partial charge in [-0.15, -0.1) is 0 Å². The van der Waals surface area contributed by atoms with Crippen molar-refractivity contribution in [1.82, 2.24) is 10.3 Å². The van der Waals surface area contributed by atoms with Crippen molar-refractivity contribution >= 4 is 5.91 Å². The van der Waals surface area contributed by atoms with Crippen molar-refractivity contribution in [3.8, 4) is 0 Å². The fourth-order valence-corrected chi connectivity index (χ4v) is 1.90. The Kier molecular flexibility index (Phi) is 6.52. The summed E-state index contributed by atoms with van der Waals surface area (Å²) in [6.45, 7) is 8.32. The van der Waals surface area contributed by atoms with E-state index in [0.29, 0.717) is 6.04 Å². The molecule has 0 heterocycles. The van der Waals surface area contributed by atoms with Gasteiger partial charge in [-0.2, -0.15) is 0 Å². The lowest BCUT2D eigenvalue weighted by Gasteiger charge is -2.34. The van der Waals surface area contributed by atoms with E-state index in [1.165, 1.54) is 0 Å². The molecule has 1 amide bonds. The first-order valence-corrected chi connectivity index (χ1v) is 5.71. The topological polar surface area (TPSA) is 58.4 Å². The van der Waals surface area contributed by atoms with Crippen LogP contribution in [0.4, 0.5) is 0 Å². The van der Waals surface area contributed by atoms with Gasteiger partial charge in [0.05, 0.1) is 5.92 Å². The Balaban J connectivity index is 4.41. The standard InChI is InChI=1S/C11H25N3O/c1-6-10(7-2)14(5)9(4)8(3)11(15)13-12/h8-10H,6-7,12H2,1-5H3,(H,13,15). The monoisotopic (exact) mass is 215 g/mol. The summed E-state index contributed by atoms with van der Waals surface area (Å²) in [5, 5.41) is 0. The van der Waals surface area contributed by atoms with Crippen molar-refractivity contribution in [2.45, 2.75) is 52.6 Å². The van der Waals surface area contributed by atoms with E-state index in [1.54, 1.807) is 0 Å². The number of nitrogens with zero attached hydrogens (tertiary/aromatic N) is 1. The maximum Gasteiger partial charge on any atom is 0.238 e. The molecule has 0 radical (unpaired) electrons. The van der Waals surface area contributed by atoms with E-state index in [1.807, 2.05) is 6.92 Å². The van der Waals surface area contributed by atoms with Crippen molar-refractivity contribution in [2.75, 3.05) is 7.05 Å². The van der Waals surface area contributed by atoms with Crippen LogP contribution in [0.25, 0.3) is 0 Å². The van der Waals surface area contributed by atoms with Gasteiger partial charge in [0.2, 0.25) is 5.91 Å². The highest BCUT2D eigenvalue weighted by Crippen LogP contribution is 2.16. The van der Waals surface area contributed by atoms with E-state index in [4.69, 9.17) is 5.84 Å². The molecule has 0 aliphatic rings. The fraction of sp³-hybridized carbons (Fsp3) is 0.909. The van der Waals surface area contributed by atoms with Crippen LogP contribution in [0.15, 0.2) is 0 Å². The fourth-order valence-electron chi connectivity index (χ4n) is 1.90. The van der Waals surface area contributed by atoms with Crippen LogP contribution in [0, 0.1) is 5.92 Å². The van der Waals surface area contributed by atoms with Gasteiger partial charge in [-0.3, -0.25) is 15.1 Å². The molecule has 0 fully saturated rings. The molecule has 90 valence electrons. The largest absolute Gasteiger partial charge is 0.300 e. The van der Waals surface area contributed by atoms with Crippen LogP contribution < -0.4 is 11.3 Å². The highest BCUT2D eigenvalue weighted by atomic mass is 16.2. The van der Waals surface area contributed by atoms with Crippen LogP contribution in [-0.4, -0.2) is 29.9 Å². The maximum atomic E-state index is 11.4. The molecule has 0 bridgehead atoms. The Morgan fingerprint density at radius 2 is 1.80 bits per heavy atom. The van der Waals surface area contributed by atoms with E-state index in [9.17, 15) is 4.79 Å². The Hall–Kier alpha value is -0.610. The Morgan fingerprint density at radius 3 is 2.13 bits per heavy atom. The summed E-state index contributed by atoms with van der Waals surface area (Å²) < 4.78 is 0. The number of amides is 1. The van der Waals surface area contributed by atoms with Crippen LogP contribution in [0.1, 0.15) is 40.5 Å². The summed E-state index contributed by atoms with van der Waals surface area (Å²) in [4.78, 5) is 13.7. The predicted molar refractivity (Wildman–Crippen MR) is 63.1 cm³/mol. The lowest BCUT2D eigenvalue weighted by atomic mass is 9.99. The van der Waals surface area contributed by atoms with Crippen LogP contribution >= 0.6 is 0 Å². The molecule has 3 N–H and O–H groups in total. The Labute approximate surface area is 93.2 Å². The van der Waals surface area contributed by atoms with Gasteiger partial charge < -0.3 is 0 Å². The number of nitrogens with one attached hydrogen (secondary N) is 1. The molecule has 0 aliphatic carbocycles. The minimum Gasteiger partial charge on any atom is -0.300 e. The van der Waals surface area contributed by atoms with Crippen molar-refractivity contribution in [1.29, 1.82) is 0 Å². The first-order chi connectivity index (χ1) is 6.99. The van der Waals surface area contributed by atoms with E-state index < -0.39 is 0 Å².